The number of amides is 1. The Kier molecular flexibility index (Phi) is 9.04. The molecule has 26 heavy (non-hydrogen) atoms. The van der Waals surface area contributed by atoms with Crippen LogP contribution in [-0.2, 0) is 14.3 Å². The van der Waals surface area contributed by atoms with Gasteiger partial charge in [-0.15, -0.1) is 11.8 Å². The highest BCUT2D eigenvalue weighted by molar-refractivity contribution is 8.00. The van der Waals surface area contributed by atoms with Crippen LogP contribution in [0.5, 0.6) is 0 Å². The standard InChI is InChI=1S/C20H31NO3S2/c1-13(2)20(14(3)4,16-9-7-6-8-10-16)26-12-17(19(23)24)21-18(22)15(5)11-25/h6-10,13-15,17,25H,11-12H2,1-5H3,(H,21,22)(H,23,24)/t15-,17+/m1/s1. The van der Waals surface area contributed by atoms with Gasteiger partial charge in [-0.3, -0.25) is 4.79 Å². The van der Waals surface area contributed by atoms with Gasteiger partial charge in [-0.2, -0.15) is 12.6 Å². The molecule has 1 aromatic carbocycles. The summed E-state index contributed by atoms with van der Waals surface area (Å²) in [7, 11) is 0. The summed E-state index contributed by atoms with van der Waals surface area (Å²) in [4.78, 5) is 23.8. The van der Waals surface area contributed by atoms with Crippen molar-refractivity contribution in [2.45, 2.75) is 45.4 Å². The molecule has 1 rings (SSSR count). The number of aliphatic carboxylic acids is 1. The Morgan fingerprint density at radius 2 is 1.65 bits per heavy atom. The third-order valence-electron chi connectivity index (χ3n) is 4.77. The molecule has 0 aromatic heterocycles. The summed E-state index contributed by atoms with van der Waals surface area (Å²) in [5.74, 6) is -0.297. The van der Waals surface area contributed by atoms with Crippen molar-refractivity contribution in [3.8, 4) is 0 Å². The predicted octanol–water partition coefficient (Wildman–Crippen LogP) is 4.06. The van der Waals surface area contributed by atoms with Crippen LogP contribution in [0, 0.1) is 17.8 Å². The van der Waals surface area contributed by atoms with E-state index < -0.39 is 12.0 Å². The number of thioether (sulfide) groups is 1. The van der Waals surface area contributed by atoms with E-state index >= 15 is 0 Å². The Labute approximate surface area is 166 Å². The maximum Gasteiger partial charge on any atom is 0.327 e. The minimum Gasteiger partial charge on any atom is -0.480 e. The number of hydrogen-bond donors (Lipinski definition) is 3. The molecule has 0 bridgehead atoms. The molecule has 146 valence electrons. The van der Waals surface area contributed by atoms with E-state index in [1.807, 2.05) is 18.2 Å². The number of thiol groups is 1. The van der Waals surface area contributed by atoms with Gasteiger partial charge < -0.3 is 10.4 Å². The van der Waals surface area contributed by atoms with Crippen LogP contribution < -0.4 is 5.32 Å². The van der Waals surface area contributed by atoms with Crippen molar-refractivity contribution >= 4 is 36.3 Å². The Morgan fingerprint density at radius 3 is 2.08 bits per heavy atom. The third kappa shape index (κ3) is 5.43. The lowest BCUT2D eigenvalue weighted by Gasteiger charge is -2.42. The van der Waals surface area contributed by atoms with Crippen molar-refractivity contribution in [1.29, 1.82) is 0 Å². The maximum atomic E-state index is 12.1. The van der Waals surface area contributed by atoms with E-state index in [1.54, 1.807) is 18.7 Å². The van der Waals surface area contributed by atoms with Gasteiger partial charge in [-0.1, -0.05) is 65.0 Å². The van der Waals surface area contributed by atoms with Gasteiger partial charge in [0.05, 0.1) is 0 Å². The van der Waals surface area contributed by atoms with E-state index in [1.165, 1.54) is 5.56 Å². The van der Waals surface area contributed by atoms with Crippen LogP contribution in [0.1, 0.15) is 40.2 Å². The minimum absolute atomic E-state index is 0.227. The summed E-state index contributed by atoms with van der Waals surface area (Å²) in [6.45, 7) is 10.4. The van der Waals surface area contributed by atoms with Crippen LogP contribution in [0.4, 0.5) is 0 Å². The number of hydrogen-bond acceptors (Lipinski definition) is 4. The minimum atomic E-state index is -1.01. The van der Waals surface area contributed by atoms with Crippen molar-refractivity contribution in [2.75, 3.05) is 11.5 Å². The molecule has 0 radical (unpaired) electrons. The maximum absolute atomic E-state index is 12.1. The molecule has 1 aromatic rings. The van der Waals surface area contributed by atoms with Crippen LogP contribution in [0.3, 0.4) is 0 Å². The highest BCUT2D eigenvalue weighted by Crippen LogP contribution is 2.49. The van der Waals surface area contributed by atoms with Gasteiger partial charge in [-0.25, -0.2) is 4.79 Å². The molecule has 0 unspecified atom stereocenters. The topological polar surface area (TPSA) is 66.4 Å². The van der Waals surface area contributed by atoms with Crippen molar-refractivity contribution in [2.24, 2.45) is 17.8 Å². The van der Waals surface area contributed by atoms with E-state index in [2.05, 4.69) is 57.8 Å². The van der Waals surface area contributed by atoms with Gasteiger partial charge in [0.25, 0.3) is 0 Å². The van der Waals surface area contributed by atoms with Gasteiger partial charge >= 0.3 is 5.97 Å². The van der Waals surface area contributed by atoms with Crippen LogP contribution in [0.2, 0.25) is 0 Å². The number of carbonyl (C=O) groups excluding carboxylic acids is 1. The van der Waals surface area contributed by atoms with Crippen LogP contribution in [0.25, 0.3) is 0 Å². The number of rotatable bonds is 10. The van der Waals surface area contributed by atoms with Gasteiger partial charge in [-0.05, 0) is 17.4 Å². The zero-order chi connectivity index (χ0) is 19.9. The molecule has 0 aliphatic heterocycles. The zero-order valence-electron chi connectivity index (χ0n) is 16.2. The lowest BCUT2D eigenvalue weighted by atomic mass is 9.79. The Hall–Kier alpha value is -1.14. The summed E-state index contributed by atoms with van der Waals surface area (Å²) in [6.07, 6.45) is 0. The van der Waals surface area contributed by atoms with E-state index in [0.717, 1.165) is 0 Å². The molecule has 0 saturated heterocycles. The first-order valence-electron chi connectivity index (χ1n) is 9.00. The van der Waals surface area contributed by atoms with Crippen molar-refractivity contribution in [3.05, 3.63) is 35.9 Å². The van der Waals surface area contributed by atoms with E-state index in [0.29, 0.717) is 23.3 Å². The second-order valence-corrected chi connectivity index (χ2v) is 8.93. The average molecular weight is 398 g/mol. The highest BCUT2D eigenvalue weighted by atomic mass is 32.2. The lowest BCUT2D eigenvalue weighted by molar-refractivity contribution is -0.141. The number of carboxylic acid groups (broad SMARTS) is 1. The van der Waals surface area contributed by atoms with Crippen LogP contribution >= 0.6 is 24.4 Å². The molecular formula is C20H31NO3S2. The SMILES string of the molecule is CC(C)C(SC[C@H](NC(=O)[C@H](C)CS)C(=O)O)(c1ccccc1)C(C)C. The molecule has 0 saturated carbocycles. The normalized spacial score (nSPS) is 14.3. The van der Waals surface area contributed by atoms with E-state index in [4.69, 9.17) is 0 Å². The molecule has 1 amide bonds. The fraction of sp³-hybridized carbons (Fsp3) is 0.600. The van der Waals surface area contributed by atoms with E-state index in [-0.39, 0.29) is 16.6 Å². The van der Waals surface area contributed by atoms with E-state index in [9.17, 15) is 14.7 Å². The zero-order valence-corrected chi connectivity index (χ0v) is 17.9. The summed E-state index contributed by atoms with van der Waals surface area (Å²) < 4.78 is -0.227. The fourth-order valence-corrected chi connectivity index (χ4v) is 5.05. The molecule has 0 aliphatic carbocycles. The highest BCUT2D eigenvalue weighted by Gasteiger charge is 2.40. The first-order valence-corrected chi connectivity index (χ1v) is 10.6. The Morgan fingerprint density at radius 1 is 1.12 bits per heavy atom. The molecule has 0 spiro atoms. The molecular weight excluding hydrogens is 366 g/mol. The molecule has 0 heterocycles. The van der Waals surface area contributed by atoms with Gasteiger partial charge in [0.1, 0.15) is 6.04 Å². The third-order valence-corrected chi connectivity index (χ3v) is 7.47. The molecule has 0 aliphatic rings. The van der Waals surface area contributed by atoms with Crippen molar-refractivity contribution < 1.29 is 14.7 Å². The first kappa shape index (κ1) is 22.9. The lowest BCUT2D eigenvalue weighted by Crippen LogP contribution is -2.46. The summed E-state index contributed by atoms with van der Waals surface area (Å²) in [6, 6.07) is 9.30. The molecule has 6 heteroatoms. The van der Waals surface area contributed by atoms with Crippen molar-refractivity contribution in [3.63, 3.8) is 0 Å². The quantitative estimate of drug-likeness (QED) is 0.521. The second kappa shape index (κ2) is 10.3. The number of carboxylic acids is 1. The monoisotopic (exact) mass is 397 g/mol. The van der Waals surface area contributed by atoms with Gasteiger partial charge in [0.2, 0.25) is 5.91 Å². The number of nitrogens with one attached hydrogen (secondary N) is 1. The van der Waals surface area contributed by atoms with Gasteiger partial charge in [0.15, 0.2) is 0 Å². The van der Waals surface area contributed by atoms with Crippen molar-refractivity contribution in [1.82, 2.24) is 5.32 Å². The van der Waals surface area contributed by atoms with Crippen LogP contribution in [0.15, 0.2) is 30.3 Å². The largest absolute Gasteiger partial charge is 0.480 e. The molecule has 2 atom stereocenters. The Bertz CT molecular complexity index is 582. The molecule has 2 N–H and O–H groups in total. The number of benzene rings is 1. The summed E-state index contributed by atoms with van der Waals surface area (Å²) in [5.41, 5.74) is 1.19. The molecule has 0 fully saturated rings. The van der Waals surface area contributed by atoms with Crippen LogP contribution in [-0.4, -0.2) is 34.5 Å². The first-order chi connectivity index (χ1) is 12.2. The second-order valence-electron chi connectivity index (χ2n) is 7.26. The molecule has 4 nitrogen and oxygen atoms in total. The smallest absolute Gasteiger partial charge is 0.327 e. The average Bonchev–Trinajstić information content (AvgIpc) is 2.60. The summed E-state index contributed by atoms with van der Waals surface area (Å²) in [5, 5.41) is 12.2. The number of carbonyl (C=O) groups is 2. The van der Waals surface area contributed by atoms with Gasteiger partial charge in [0, 0.05) is 22.2 Å². The Balaban J connectivity index is 3.07. The summed E-state index contributed by atoms with van der Waals surface area (Å²) >= 11 is 5.74. The fourth-order valence-electron chi connectivity index (χ4n) is 3.24. The predicted molar refractivity (Wildman–Crippen MR) is 113 cm³/mol.